The molecular weight excluding hydrogens is 432 g/mol. The molecule has 0 aliphatic carbocycles. The van der Waals surface area contributed by atoms with E-state index in [0.717, 1.165) is 44.9 Å². The van der Waals surface area contributed by atoms with E-state index < -0.39 is 10.2 Å². The summed E-state index contributed by atoms with van der Waals surface area (Å²) in [7, 11) is -1.03. The van der Waals surface area contributed by atoms with Gasteiger partial charge >= 0.3 is 10.2 Å². The van der Waals surface area contributed by atoms with Gasteiger partial charge in [-0.2, -0.15) is 17.8 Å². The van der Waals surface area contributed by atoms with Gasteiger partial charge in [-0.3, -0.25) is 14.7 Å². The molecule has 0 aromatic carbocycles. The maximum atomic E-state index is 12.7. The van der Waals surface area contributed by atoms with Crippen molar-refractivity contribution in [3.05, 3.63) is 35.3 Å². The smallest absolute Gasteiger partial charge is 0.324 e. The first-order valence-corrected chi connectivity index (χ1v) is 12.0. The van der Waals surface area contributed by atoms with E-state index in [1.165, 1.54) is 21.0 Å². The van der Waals surface area contributed by atoms with Crippen LogP contribution in [0.15, 0.2) is 18.2 Å². The molecule has 176 valence electrons. The van der Waals surface area contributed by atoms with Gasteiger partial charge in [0.2, 0.25) is 5.91 Å². The van der Waals surface area contributed by atoms with Crippen molar-refractivity contribution in [2.24, 2.45) is 0 Å². The zero-order valence-electron chi connectivity index (χ0n) is 19.5. The molecule has 2 atom stereocenters. The number of amides is 1. The average molecular weight is 465 g/mol. The molecule has 1 aliphatic rings. The van der Waals surface area contributed by atoms with E-state index in [9.17, 15) is 13.2 Å². The Labute approximate surface area is 189 Å². The summed E-state index contributed by atoms with van der Waals surface area (Å²) in [6.45, 7) is 8.73. The summed E-state index contributed by atoms with van der Waals surface area (Å²) in [5, 5.41) is 6.92. The number of nitrogens with one attached hydrogen (secondary N) is 1. The SMILES string of the molecule is CC(=O)Nc1cc(C(C)N2CCCC(Oc3cc(C)nc(C)c3)C2)nn1S(=O)(=O)N(C)C. The Hall–Kier alpha value is -2.50. The van der Waals surface area contributed by atoms with Crippen LogP contribution >= 0.6 is 0 Å². The van der Waals surface area contributed by atoms with Gasteiger partial charge < -0.3 is 10.1 Å². The number of carbonyl (C=O) groups excluding carboxylic acids is 1. The van der Waals surface area contributed by atoms with Gasteiger partial charge in [0.05, 0.1) is 11.7 Å². The molecule has 2 unspecified atom stereocenters. The number of piperidine rings is 1. The molecule has 1 fully saturated rings. The lowest BCUT2D eigenvalue weighted by atomic mass is 10.0. The van der Waals surface area contributed by atoms with Crippen LogP contribution in [0.3, 0.4) is 0 Å². The van der Waals surface area contributed by atoms with Gasteiger partial charge in [0.25, 0.3) is 0 Å². The number of aromatic nitrogens is 3. The fourth-order valence-corrected chi connectivity index (χ4v) is 4.69. The van der Waals surface area contributed by atoms with Crippen LogP contribution in [0.5, 0.6) is 5.75 Å². The molecule has 3 rings (SSSR count). The van der Waals surface area contributed by atoms with E-state index in [2.05, 4.69) is 20.3 Å². The lowest BCUT2D eigenvalue weighted by Gasteiger charge is -2.36. The minimum absolute atomic E-state index is 0.00908. The second-order valence-corrected chi connectivity index (χ2v) is 10.4. The number of rotatable bonds is 7. The number of hydrogen-bond acceptors (Lipinski definition) is 7. The lowest BCUT2D eigenvalue weighted by Crippen LogP contribution is -2.42. The monoisotopic (exact) mass is 464 g/mol. The van der Waals surface area contributed by atoms with Crippen molar-refractivity contribution >= 4 is 21.9 Å². The van der Waals surface area contributed by atoms with Crippen LogP contribution in [0.2, 0.25) is 0 Å². The Morgan fingerprint density at radius 1 is 1.25 bits per heavy atom. The molecule has 1 aliphatic heterocycles. The molecule has 1 saturated heterocycles. The zero-order chi connectivity index (χ0) is 23.6. The van der Waals surface area contributed by atoms with Gasteiger partial charge in [-0.1, -0.05) is 0 Å². The Bertz CT molecular complexity index is 1060. The van der Waals surface area contributed by atoms with Gasteiger partial charge in [-0.05, 0) is 40.2 Å². The number of aryl methyl sites for hydroxylation is 2. The Kier molecular flexibility index (Phi) is 7.21. The molecule has 2 aromatic rings. The predicted octanol–water partition coefficient (Wildman–Crippen LogP) is 2.11. The number of anilines is 1. The number of likely N-dealkylation sites (tertiary alicyclic amines) is 1. The van der Waals surface area contributed by atoms with Gasteiger partial charge in [0, 0.05) is 57.2 Å². The first-order valence-electron chi connectivity index (χ1n) is 10.6. The van der Waals surface area contributed by atoms with Crippen molar-refractivity contribution < 1.29 is 17.9 Å². The summed E-state index contributed by atoms with van der Waals surface area (Å²) in [5.41, 5.74) is 2.40. The second-order valence-electron chi connectivity index (χ2n) is 8.41. The van der Waals surface area contributed by atoms with Crippen LogP contribution in [0.4, 0.5) is 5.82 Å². The molecule has 0 spiro atoms. The van der Waals surface area contributed by atoms with Crippen molar-refractivity contribution in [3.8, 4) is 5.75 Å². The first-order chi connectivity index (χ1) is 15.0. The maximum Gasteiger partial charge on any atom is 0.324 e. The standard InChI is InChI=1S/C21H32N6O4S/c1-14-10-19(11-15(2)22-14)31-18-8-7-9-26(13-18)16(3)20-12-21(23-17(4)28)27(24-20)32(29,30)25(5)6/h10-12,16,18H,7-9,13H2,1-6H3,(H,23,28). The summed E-state index contributed by atoms with van der Waals surface area (Å²) in [6, 6.07) is 5.33. The van der Waals surface area contributed by atoms with Gasteiger partial charge in [0.15, 0.2) is 0 Å². The summed E-state index contributed by atoms with van der Waals surface area (Å²) in [6.07, 6.45) is 1.90. The third kappa shape index (κ3) is 5.45. The van der Waals surface area contributed by atoms with E-state index in [-0.39, 0.29) is 23.9 Å². The molecule has 1 N–H and O–H groups in total. The highest BCUT2D eigenvalue weighted by Gasteiger charge is 2.30. The maximum absolute atomic E-state index is 12.7. The zero-order valence-corrected chi connectivity index (χ0v) is 20.3. The highest BCUT2D eigenvalue weighted by molar-refractivity contribution is 7.87. The predicted molar refractivity (Wildman–Crippen MR) is 122 cm³/mol. The topological polar surface area (TPSA) is 110 Å². The van der Waals surface area contributed by atoms with Crippen molar-refractivity contribution in [3.63, 3.8) is 0 Å². The Balaban J connectivity index is 1.81. The van der Waals surface area contributed by atoms with Crippen molar-refractivity contribution in [2.45, 2.75) is 52.7 Å². The molecule has 1 amide bonds. The highest BCUT2D eigenvalue weighted by Crippen LogP contribution is 2.28. The minimum atomic E-state index is -3.88. The summed E-state index contributed by atoms with van der Waals surface area (Å²) < 4.78 is 33.6. The van der Waals surface area contributed by atoms with Gasteiger partial charge in [-0.15, -0.1) is 4.09 Å². The number of nitrogens with zero attached hydrogens (tertiary/aromatic N) is 5. The van der Waals surface area contributed by atoms with Crippen LogP contribution in [0, 0.1) is 13.8 Å². The van der Waals surface area contributed by atoms with E-state index in [1.807, 2.05) is 32.9 Å². The molecule has 32 heavy (non-hydrogen) atoms. The fraction of sp³-hybridized carbons (Fsp3) is 0.571. The minimum Gasteiger partial charge on any atom is -0.489 e. The number of ether oxygens (including phenoxy) is 1. The molecular formula is C21H32N6O4S. The van der Waals surface area contributed by atoms with Crippen molar-refractivity contribution in [2.75, 3.05) is 32.5 Å². The highest BCUT2D eigenvalue weighted by atomic mass is 32.2. The molecule has 2 aromatic heterocycles. The van der Waals surface area contributed by atoms with Gasteiger partial charge in [-0.25, -0.2) is 0 Å². The fourth-order valence-electron chi connectivity index (χ4n) is 3.84. The van der Waals surface area contributed by atoms with E-state index >= 15 is 0 Å². The van der Waals surface area contributed by atoms with E-state index in [1.54, 1.807) is 6.07 Å². The largest absolute Gasteiger partial charge is 0.489 e. The first kappa shape index (κ1) is 24.1. The number of carbonyl (C=O) groups is 1. The third-order valence-corrected chi connectivity index (χ3v) is 7.06. The molecule has 0 bridgehead atoms. The van der Waals surface area contributed by atoms with Crippen LogP contribution in [0.25, 0.3) is 0 Å². The lowest BCUT2D eigenvalue weighted by molar-refractivity contribution is -0.114. The third-order valence-electron chi connectivity index (χ3n) is 5.42. The van der Waals surface area contributed by atoms with Crippen molar-refractivity contribution in [1.82, 2.24) is 23.4 Å². The Morgan fingerprint density at radius 3 is 2.50 bits per heavy atom. The summed E-state index contributed by atoms with van der Waals surface area (Å²) in [4.78, 5) is 18.2. The molecule has 0 radical (unpaired) electrons. The summed E-state index contributed by atoms with van der Waals surface area (Å²) in [5.74, 6) is 0.568. The molecule has 0 saturated carbocycles. The van der Waals surface area contributed by atoms with Crippen LogP contribution < -0.4 is 10.1 Å². The normalized spacial score (nSPS) is 18.5. The van der Waals surface area contributed by atoms with E-state index in [4.69, 9.17) is 4.74 Å². The van der Waals surface area contributed by atoms with Crippen LogP contribution in [-0.2, 0) is 15.0 Å². The van der Waals surface area contributed by atoms with E-state index in [0.29, 0.717) is 12.2 Å². The number of hydrogen-bond donors (Lipinski definition) is 1. The quantitative estimate of drug-likeness (QED) is 0.668. The molecule has 10 nitrogen and oxygen atoms in total. The molecule has 3 heterocycles. The summed E-state index contributed by atoms with van der Waals surface area (Å²) >= 11 is 0. The Morgan fingerprint density at radius 2 is 1.91 bits per heavy atom. The van der Waals surface area contributed by atoms with Gasteiger partial charge in [0.1, 0.15) is 17.7 Å². The second kappa shape index (κ2) is 9.55. The van der Waals surface area contributed by atoms with Crippen LogP contribution in [-0.4, -0.2) is 71.0 Å². The van der Waals surface area contributed by atoms with Crippen LogP contribution in [0.1, 0.15) is 49.8 Å². The number of pyridine rings is 1. The van der Waals surface area contributed by atoms with Crippen molar-refractivity contribution in [1.29, 1.82) is 0 Å². The molecule has 11 heteroatoms. The average Bonchev–Trinajstić information content (AvgIpc) is 3.10.